The summed E-state index contributed by atoms with van der Waals surface area (Å²) in [6, 6.07) is 9.76. The van der Waals surface area contributed by atoms with Gasteiger partial charge in [-0.25, -0.2) is 9.59 Å². The second-order valence-electron chi connectivity index (χ2n) is 6.66. The van der Waals surface area contributed by atoms with E-state index in [4.69, 9.17) is 14.2 Å². The summed E-state index contributed by atoms with van der Waals surface area (Å²) in [5.74, 6) is -0.445. The van der Waals surface area contributed by atoms with Crippen LogP contribution in [0, 0.1) is 10.1 Å². The Bertz CT molecular complexity index is 1070. The summed E-state index contributed by atoms with van der Waals surface area (Å²) in [4.78, 5) is 36.5. The largest absolute Gasteiger partial charge is 0.493 e. The molecule has 3 rings (SSSR count). The van der Waals surface area contributed by atoms with Gasteiger partial charge in [-0.1, -0.05) is 30.3 Å². The molecule has 2 N–H and O–H groups in total. The van der Waals surface area contributed by atoms with Crippen molar-refractivity contribution < 1.29 is 28.7 Å². The Morgan fingerprint density at radius 2 is 1.75 bits per heavy atom. The maximum absolute atomic E-state index is 12.8. The maximum Gasteiger partial charge on any atom is 0.338 e. The Labute approximate surface area is 184 Å². The molecule has 2 aromatic carbocycles. The first kappa shape index (κ1) is 22.6. The van der Waals surface area contributed by atoms with Crippen LogP contribution in [0.25, 0.3) is 5.70 Å². The molecule has 2 amide bonds. The van der Waals surface area contributed by atoms with E-state index in [9.17, 15) is 19.7 Å². The van der Waals surface area contributed by atoms with Gasteiger partial charge in [-0.05, 0) is 19.4 Å². The predicted molar refractivity (Wildman–Crippen MR) is 115 cm³/mol. The minimum atomic E-state index is -1.07. The van der Waals surface area contributed by atoms with E-state index in [0.717, 1.165) is 0 Å². The molecule has 0 saturated carbocycles. The van der Waals surface area contributed by atoms with Gasteiger partial charge in [-0.3, -0.25) is 10.1 Å². The molecule has 1 heterocycles. The molecule has 10 nitrogen and oxygen atoms in total. The van der Waals surface area contributed by atoms with Crippen molar-refractivity contribution in [3.8, 4) is 11.5 Å². The number of carbonyl (C=O) groups excluding carboxylic acids is 2. The number of urea groups is 1. The highest BCUT2D eigenvalue weighted by atomic mass is 16.6. The summed E-state index contributed by atoms with van der Waals surface area (Å²) < 4.78 is 16.1. The van der Waals surface area contributed by atoms with Crippen LogP contribution in [0.5, 0.6) is 11.5 Å². The van der Waals surface area contributed by atoms with Crippen LogP contribution < -0.4 is 20.1 Å². The smallest absolute Gasteiger partial charge is 0.338 e. The standard InChI is InChI=1S/C22H23N3O7/c1-4-31-16-12-17(32-5-2)15(25(28)29)11-14(16)20-18(21(26)30-3)19(23-22(27)24-20)13-9-7-6-8-10-13/h6-12,20H,4-5H2,1-3H3,(H2,23,24,27). The third-order valence-electron chi connectivity index (χ3n) is 4.74. The lowest BCUT2D eigenvalue weighted by Crippen LogP contribution is -2.45. The molecule has 10 heteroatoms. The fourth-order valence-electron chi connectivity index (χ4n) is 3.45. The van der Waals surface area contributed by atoms with Crippen LogP contribution in [0.1, 0.15) is 31.0 Å². The number of amides is 2. The zero-order valence-corrected chi connectivity index (χ0v) is 17.8. The van der Waals surface area contributed by atoms with Crippen molar-refractivity contribution >= 4 is 23.4 Å². The van der Waals surface area contributed by atoms with Gasteiger partial charge in [0.2, 0.25) is 5.75 Å². The van der Waals surface area contributed by atoms with Gasteiger partial charge in [0.25, 0.3) is 0 Å². The van der Waals surface area contributed by atoms with Crippen LogP contribution in [0.4, 0.5) is 10.5 Å². The van der Waals surface area contributed by atoms with Gasteiger partial charge >= 0.3 is 17.7 Å². The van der Waals surface area contributed by atoms with E-state index in [0.29, 0.717) is 5.56 Å². The third-order valence-corrected chi connectivity index (χ3v) is 4.74. The number of nitro groups is 1. The summed E-state index contributed by atoms with van der Waals surface area (Å²) in [6.07, 6.45) is 0. The molecule has 32 heavy (non-hydrogen) atoms. The van der Waals surface area contributed by atoms with Crippen molar-refractivity contribution in [1.82, 2.24) is 10.6 Å². The van der Waals surface area contributed by atoms with Crippen molar-refractivity contribution in [2.45, 2.75) is 19.9 Å². The Kier molecular flexibility index (Phi) is 6.93. The van der Waals surface area contributed by atoms with Crippen LogP contribution in [0.15, 0.2) is 48.0 Å². The molecule has 0 saturated heterocycles. The van der Waals surface area contributed by atoms with E-state index in [1.54, 1.807) is 44.2 Å². The topological polar surface area (TPSA) is 129 Å². The monoisotopic (exact) mass is 441 g/mol. The molecule has 1 aliphatic rings. The van der Waals surface area contributed by atoms with Gasteiger partial charge in [0.1, 0.15) is 5.75 Å². The Balaban J connectivity index is 2.29. The zero-order chi connectivity index (χ0) is 23.3. The van der Waals surface area contributed by atoms with Crippen LogP contribution in [-0.2, 0) is 9.53 Å². The van der Waals surface area contributed by atoms with Crippen molar-refractivity contribution in [2.75, 3.05) is 20.3 Å². The third kappa shape index (κ3) is 4.48. The van der Waals surface area contributed by atoms with E-state index < -0.39 is 23.0 Å². The molecule has 1 aliphatic heterocycles. The van der Waals surface area contributed by atoms with Gasteiger partial charge in [0, 0.05) is 17.7 Å². The number of hydrogen-bond acceptors (Lipinski definition) is 7. The van der Waals surface area contributed by atoms with E-state index in [-0.39, 0.29) is 47.2 Å². The number of benzene rings is 2. The van der Waals surface area contributed by atoms with Gasteiger partial charge in [-0.15, -0.1) is 0 Å². The molecule has 0 spiro atoms. The van der Waals surface area contributed by atoms with Crippen LogP contribution in [-0.4, -0.2) is 37.2 Å². The average molecular weight is 441 g/mol. The molecule has 168 valence electrons. The first-order valence-electron chi connectivity index (χ1n) is 9.94. The molecular formula is C22H23N3O7. The quantitative estimate of drug-likeness (QED) is 0.365. The van der Waals surface area contributed by atoms with Crippen LogP contribution >= 0.6 is 0 Å². The van der Waals surface area contributed by atoms with Gasteiger partial charge in [-0.2, -0.15) is 0 Å². The summed E-state index contributed by atoms with van der Waals surface area (Å²) in [5.41, 5.74) is 0.809. The van der Waals surface area contributed by atoms with Gasteiger partial charge in [0.15, 0.2) is 0 Å². The van der Waals surface area contributed by atoms with Gasteiger partial charge in [0.05, 0.1) is 42.6 Å². The summed E-state index contributed by atoms with van der Waals surface area (Å²) >= 11 is 0. The van der Waals surface area contributed by atoms with Crippen LogP contribution in [0.3, 0.4) is 0 Å². The van der Waals surface area contributed by atoms with E-state index in [1.165, 1.54) is 19.2 Å². The number of nitrogens with zero attached hydrogens (tertiary/aromatic N) is 1. The van der Waals surface area contributed by atoms with E-state index in [2.05, 4.69) is 10.6 Å². The molecule has 0 fully saturated rings. The number of nitrogens with one attached hydrogen (secondary N) is 2. The number of carbonyl (C=O) groups is 2. The second kappa shape index (κ2) is 9.82. The summed E-state index contributed by atoms with van der Waals surface area (Å²) in [6.45, 7) is 3.91. The molecule has 0 bridgehead atoms. The number of ether oxygens (including phenoxy) is 3. The lowest BCUT2D eigenvalue weighted by atomic mass is 9.91. The first-order chi connectivity index (χ1) is 15.4. The van der Waals surface area contributed by atoms with Crippen molar-refractivity contribution in [2.24, 2.45) is 0 Å². The highest BCUT2D eigenvalue weighted by Gasteiger charge is 2.37. The number of esters is 1. The van der Waals surface area contributed by atoms with Crippen molar-refractivity contribution in [1.29, 1.82) is 0 Å². The fraction of sp³-hybridized carbons (Fsp3) is 0.273. The molecule has 0 radical (unpaired) electrons. The van der Waals surface area contributed by atoms with Crippen molar-refractivity contribution in [3.63, 3.8) is 0 Å². The summed E-state index contributed by atoms with van der Waals surface area (Å²) in [7, 11) is 1.22. The fourth-order valence-corrected chi connectivity index (χ4v) is 3.45. The van der Waals surface area contributed by atoms with E-state index >= 15 is 0 Å². The minimum absolute atomic E-state index is 0.0249. The maximum atomic E-state index is 12.8. The Morgan fingerprint density at radius 1 is 1.09 bits per heavy atom. The van der Waals surface area contributed by atoms with Crippen molar-refractivity contribution in [3.05, 3.63) is 69.3 Å². The zero-order valence-electron chi connectivity index (χ0n) is 17.8. The Morgan fingerprint density at radius 3 is 2.34 bits per heavy atom. The lowest BCUT2D eigenvalue weighted by Gasteiger charge is -2.30. The normalized spacial score (nSPS) is 15.5. The molecule has 1 atom stereocenters. The highest BCUT2D eigenvalue weighted by molar-refractivity contribution is 6.04. The number of hydrogen-bond donors (Lipinski definition) is 2. The highest BCUT2D eigenvalue weighted by Crippen LogP contribution is 2.42. The second-order valence-corrected chi connectivity index (χ2v) is 6.66. The molecule has 0 aromatic heterocycles. The molecule has 1 unspecified atom stereocenters. The van der Waals surface area contributed by atoms with E-state index in [1.807, 2.05) is 0 Å². The number of nitro benzene ring substituents is 1. The first-order valence-corrected chi connectivity index (χ1v) is 9.94. The van der Waals surface area contributed by atoms with Gasteiger partial charge < -0.3 is 24.8 Å². The average Bonchev–Trinajstić information content (AvgIpc) is 2.79. The molecule has 2 aromatic rings. The summed E-state index contributed by atoms with van der Waals surface area (Å²) in [5, 5.41) is 17.0. The number of methoxy groups -OCH3 is 1. The minimum Gasteiger partial charge on any atom is -0.493 e. The lowest BCUT2D eigenvalue weighted by molar-refractivity contribution is -0.385. The van der Waals surface area contributed by atoms with Crippen LogP contribution in [0.2, 0.25) is 0 Å². The molecular weight excluding hydrogens is 418 g/mol. The Hall–Kier alpha value is -4.08. The molecule has 0 aliphatic carbocycles. The SMILES string of the molecule is CCOc1cc(OCC)c([N+](=O)[O-])cc1C1NC(=O)NC(c2ccccc2)=C1C(=O)OC. The predicted octanol–water partition coefficient (Wildman–Crippen LogP) is 3.33. The number of rotatable bonds is 8.